The number of amides is 1. The van der Waals surface area contributed by atoms with Crippen LogP contribution in [-0.4, -0.2) is 19.0 Å². The summed E-state index contributed by atoms with van der Waals surface area (Å²) in [6, 6.07) is 17.2. The van der Waals surface area contributed by atoms with Crippen LogP contribution in [-0.2, 0) is 11.3 Å². The largest absolute Gasteiger partial charge is 0.356 e. The summed E-state index contributed by atoms with van der Waals surface area (Å²) in [5, 5.41) is 9.60. The lowest BCUT2D eigenvalue weighted by Gasteiger charge is -2.25. The highest BCUT2D eigenvalue weighted by Gasteiger charge is 2.24. The molecule has 27 heavy (non-hydrogen) atoms. The summed E-state index contributed by atoms with van der Waals surface area (Å²) < 4.78 is 0. The van der Waals surface area contributed by atoms with E-state index in [2.05, 4.69) is 64.5 Å². The van der Waals surface area contributed by atoms with Gasteiger partial charge in [0.15, 0.2) is 0 Å². The van der Waals surface area contributed by atoms with Crippen LogP contribution in [0.2, 0.25) is 0 Å². The van der Waals surface area contributed by atoms with Crippen molar-refractivity contribution in [2.75, 3.05) is 18.4 Å². The van der Waals surface area contributed by atoms with Crippen LogP contribution in [0.25, 0.3) is 0 Å². The molecular formula is C23H29N3O. The van der Waals surface area contributed by atoms with Crippen LogP contribution in [0.4, 0.5) is 11.4 Å². The standard InChI is InChI=1S/C23H29N3O/c27-23(20-15-24-16-20)25-14-17-6-10-21(11-7-17)26-22-12-8-19(9-13-22)18-4-2-1-3-5-18/h6-13,18,20,24,26H,1-5,14-16H2,(H,25,27). The zero-order valence-electron chi connectivity index (χ0n) is 15.8. The van der Waals surface area contributed by atoms with E-state index in [0.29, 0.717) is 6.54 Å². The van der Waals surface area contributed by atoms with Crippen molar-refractivity contribution >= 4 is 17.3 Å². The third kappa shape index (κ3) is 4.69. The van der Waals surface area contributed by atoms with Crippen LogP contribution in [0.5, 0.6) is 0 Å². The summed E-state index contributed by atoms with van der Waals surface area (Å²) in [6.45, 7) is 2.19. The summed E-state index contributed by atoms with van der Waals surface area (Å²) in [5.74, 6) is 1.04. The second kappa shape index (κ2) is 8.57. The lowest BCUT2D eigenvalue weighted by molar-refractivity contribution is -0.126. The molecule has 142 valence electrons. The van der Waals surface area contributed by atoms with Gasteiger partial charge in [0.25, 0.3) is 0 Å². The molecule has 1 saturated carbocycles. The number of rotatable bonds is 6. The highest BCUT2D eigenvalue weighted by molar-refractivity contribution is 5.80. The van der Waals surface area contributed by atoms with Crippen LogP contribution in [0.3, 0.4) is 0 Å². The van der Waals surface area contributed by atoms with E-state index in [1.54, 1.807) is 0 Å². The quantitative estimate of drug-likeness (QED) is 0.717. The molecule has 0 radical (unpaired) electrons. The molecule has 2 aromatic carbocycles. The van der Waals surface area contributed by atoms with Crippen LogP contribution in [0.1, 0.15) is 49.1 Å². The number of carbonyl (C=O) groups excluding carboxylic acids is 1. The molecule has 2 aromatic rings. The molecule has 2 aliphatic rings. The molecule has 1 amide bonds. The van der Waals surface area contributed by atoms with Gasteiger partial charge in [0.2, 0.25) is 5.91 Å². The Morgan fingerprint density at radius 1 is 0.889 bits per heavy atom. The zero-order valence-corrected chi connectivity index (χ0v) is 15.8. The SMILES string of the molecule is O=C(NCc1ccc(Nc2ccc(C3CCCCC3)cc2)cc1)C1CNC1. The summed E-state index contributed by atoms with van der Waals surface area (Å²) >= 11 is 0. The number of hydrogen-bond acceptors (Lipinski definition) is 3. The number of carbonyl (C=O) groups is 1. The van der Waals surface area contributed by atoms with Gasteiger partial charge < -0.3 is 16.0 Å². The molecule has 4 rings (SSSR count). The average molecular weight is 364 g/mol. The molecule has 0 unspecified atom stereocenters. The third-order valence-electron chi connectivity index (χ3n) is 5.85. The van der Waals surface area contributed by atoms with E-state index >= 15 is 0 Å². The first-order valence-electron chi connectivity index (χ1n) is 10.2. The molecule has 1 heterocycles. The zero-order chi connectivity index (χ0) is 18.5. The fourth-order valence-electron chi connectivity index (χ4n) is 3.95. The van der Waals surface area contributed by atoms with Gasteiger partial charge in [0, 0.05) is 31.0 Å². The van der Waals surface area contributed by atoms with E-state index in [4.69, 9.17) is 0 Å². The molecule has 1 aliphatic carbocycles. The van der Waals surface area contributed by atoms with Crippen molar-refractivity contribution in [1.82, 2.24) is 10.6 Å². The Hall–Kier alpha value is -2.33. The number of anilines is 2. The molecular weight excluding hydrogens is 334 g/mol. The maximum atomic E-state index is 11.9. The van der Waals surface area contributed by atoms with Gasteiger partial charge in [-0.15, -0.1) is 0 Å². The first-order valence-corrected chi connectivity index (χ1v) is 10.2. The molecule has 0 aromatic heterocycles. The fourth-order valence-corrected chi connectivity index (χ4v) is 3.95. The Morgan fingerprint density at radius 2 is 1.52 bits per heavy atom. The van der Waals surface area contributed by atoms with Crippen molar-refractivity contribution < 1.29 is 4.79 Å². The normalized spacial score (nSPS) is 17.9. The van der Waals surface area contributed by atoms with Crippen LogP contribution >= 0.6 is 0 Å². The molecule has 0 bridgehead atoms. The van der Waals surface area contributed by atoms with E-state index in [1.165, 1.54) is 37.7 Å². The van der Waals surface area contributed by atoms with Gasteiger partial charge in [-0.3, -0.25) is 4.79 Å². The van der Waals surface area contributed by atoms with Crippen LogP contribution < -0.4 is 16.0 Å². The van der Waals surface area contributed by atoms with Gasteiger partial charge in [0.1, 0.15) is 0 Å². The number of hydrogen-bond donors (Lipinski definition) is 3. The van der Waals surface area contributed by atoms with Crippen molar-refractivity contribution in [2.45, 2.75) is 44.6 Å². The van der Waals surface area contributed by atoms with Crippen molar-refractivity contribution in [2.24, 2.45) is 5.92 Å². The van der Waals surface area contributed by atoms with E-state index in [-0.39, 0.29) is 11.8 Å². The average Bonchev–Trinajstić information content (AvgIpc) is 2.67. The van der Waals surface area contributed by atoms with Gasteiger partial charge >= 0.3 is 0 Å². The number of benzene rings is 2. The molecule has 1 aliphatic heterocycles. The molecule has 1 saturated heterocycles. The van der Waals surface area contributed by atoms with E-state index < -0.39 is 0 Å². The minimum absolute atomic E-state index is 0.141. The Morgan fingerprint density at radius 3 is 2.11 bits per heavy atom. The van der Waals surface area contributed by atoms with Crippen molar-refractivity contribution in [3.05, 3.63) is 59.7 Å². The van der Waals surface area contributed by atoms with Crippen molar-refractivity contribution in [1.29, 1.82) is 0 Å². The smallest absolute Gasteiger partial charge is 0.225 e. The Bertz CT molecular complexity index is 744. The second-order valence-electron chi connectivity index (χ2n) is 7.85. The van der Waals surface area contributed by atoms with Crippen molar-refractivity contribution in [3.63, 3.8) is 0 Å². The summed E-state index contributed by atoms with van der Waals surface area (Å²) in [6.07, 6.45) is 6.81. The second-order valence-corrected chi connectivity index (χ2v) is 7.85. The Balaban J connectivity index is 1.29. The first kappa shape index (κ1) is 18.1. The summed E-state index contributed by atoms with van der Waals surface area (Å²) in [5.41, 5.74) is 4.79. The fraction of sp³-hybridized carbons (Fsp3) is 0.435. The maximum Gasteiger partial charge on any atom is 0.225 e. The predicted molar refractivity (Wildman–Crippen MR) is 110 cm³/mol. The van der Waals surface area contributed by atoms with Gasteiger partial charge in [-0.05, 0) is 54.2 Å². The lowest BCUT2D eigenvalue weighted by Crippen LogP contribution is -2.50. The minimum Gasteiger partial charge on any atom is -0.356 e. The summed E-state index contributed by atoms with van der Waals surface area (Å²) in [7, 11) is 0. The molecule has 0 atom stereocenters. The molecule has 3 N–H and O–H groups in total. The van der Waals surface area contributed by atoms with Gasteiger partial charge in [-0.1, -0.05) is 43.5 Å². The summed E-state index contributed by atoms with van der Waals surface area (Å²) in [4.78, 5) is 11.9. The number of nitrogens with one attached hydrogen (secondary N) is 3. The third-order valence-corrected chi connectivity index (χ3v) is 5.85. The predicted octanol–water partition coefficient (Wildman–Crippen LogP) is 4.31. The first-order chi connectivity index (χ1) is 13.3. The van der Waals surface area contributed by atoms with E-state index in [9.17, 15) is 4.79 Å². The van der Waals surface area contributed by atoms with Gasteiger partial charge in [-0.2, -0.15) is 0 Å². The molecule has 2 fully saturated rings. The van der Waals surface area contributed by atoms with Gasteiger partial charge in [0.05, 0.1) is 5.92 Å². The molecule has 0 spiro atoms. The topological polar surface area (TPSA) is 53.2 Å². The van der Waals surface area contributed by atoms with Crippen LogP contribution in [0, 0.1) is 5.92 Å². The van der Waals surface area contributed by atoms with E-state index in [0.717, 1.165) is 35.9 Å². The maximum absolute atomic E-state index is 11.9. The molecule has 4 nitrogen and oxygen atoms in total. The van der Waals surface area contributed by atoms with Crippen molar-refractivity contribution in [3.8, 4) is 0 Å². The van der Waals surface area contributed by atoms with Gasteiger partial charge in [-0.25, -0.2) is 0 Å². The van der Waals surface area contributed by atoms with E-state index in [1.807, 2.05) is 0 Å². The van der Waals surface area contributed by atoms with Crippen LogP contribution in [0.15, 0.2) is 48.5 Å². The minimum atomic E-state index is 0.141. The molecule has 4 heteroatoms. The monoisotopic (exact) mass is 363 g/mol. The Labute approximate surface area is 161 Å². The Kier molecular flexibility index (Phi) is 5.73. The highest BCUT2D eigenvalue weighted by Crippen LogP contribution is 2.33. The highest BCUT2D eigenvalue weighted by atomic mass is 16.2. The lowest BCUT2D eigenvalue weighted by atomic mass is 9.84.